The Morgan fingerprint density at radius 2 is 1.92 bits per heavy atom. The van der Waals surface area contributed by atoms with Gasteiger partial charge in [-0.15, -0.1) is 10.2 Å². The lowest BCUT2D eigenvalue weighted by atomic mass is 9.87. The number of nitrogen functional groups attached to an aromatic ring is 1. The molecule has 202 valence electrons. The van der Waals surface area contributed by atoms with E-state index in [9.17, 15) is 18.3 Å². The van der Waals surface area contributed by atoms with Gasteiger partial charge < -0.3 is 20.7 Å². The maximum atomic E-state index is 13.1. The van der Waals surface area contributed by atoms with E-state index in [-0.39, 0.29) is 40.4 Å². The van der Waals surface area contributed by atoms with Crippen LogP contribution < -0.4 is 5.73 Å². The minimum atomic E-state index is -3.75. The van der Waals surface area contributed by atoms with Crippen LogP contribution in [0.4, 0.5) is 5.82 Å². The van der Waals surface area contributed by atoms with Crippen molar-refractivity contribution < 1.29 is 18.3 Å². The van der Waals surface area contributed by atoms with Crippen LogP contribution >= 0.6 is 0 Å². The van der Waals surface area contributed by atoms with Gasteiger partial charge >= 0.3 is 0 Å². The first-order chi connectivity index (χ1) is 18.7. The molecule has 1 unspecified atom stereocenters. The summed E-state index contributed by atoms with van der Waals surface area (Å²) in [6.07, 6.45) is 9.36. The van der Waals surface area contributed by atoms with Crippen LogP contribution in [0.2, 0.25) is 0 Å². The number of nitrogens with zero attached hydrogens (tertiary/aromatic N) is 7. The van der Waals surface area contributed by atoms with Crippen molar-refractivity contribution in [1.82, 2.24) is 39.7 Å². The molecule has 0 radical (unpaired) electrons. The number of hydrogen-bond donors (Lipinski definition) is 3. The van der Waals surface area contributed by atoms with Crippen LogP contribution in [0.5, 0.6) is 0 Å². The Hall–Kier alpha value is -3.91. The molecule has 2 bridgehead atoms. The molecule has 14 heteroatoms. The number of nitrogens with two attached hydrogens (primary N) is 1. The van der Waals surface area contributed by atoms with Crippen LogP contribution in [0.25, 0.3) is 16.8 Å². The second-order valence-electron chi connectivity index (χ2n) is 10.7. The summed E-state index contributed by atoms with van der Waals surface area (Å²) in [5, 5.41) is 22.2. The van der Waals surface area contributed by atoms with Gasteiger partial charge in [0, 0.05) is 41.6 Å². The quantitative estimate of drug-likeness (QED) is 0.336. The van der Waals surface area contributed by atoms with E-state index in [0.29, 0.717) is 41.9 Å². The fourth-order valence-electron chi connectivity index (χ4n) is 6.64. The number of aliphatic hydroxyl groups is 1. The summed E-state index contributed by atoms with van der Waals surface area (Å²) in [7, 11) is -3.75. The summed E-state index contributed by atoms with van der Waals surface area (Å²) in [6.45, 7) is 0. The highest BCUT2D eigenvalue weighted by molar-refractivity contribution is 7.91. The summed E-state index contributed by atoms with van der Waals surface area (Å²) >= 11 is 0. The molecule has 13 nitrogen and oxygen atoms in total. The Balaban J connectivity index is 1.32. The highest BCUT2D eigenvalue weighted by Crippen LogP contribution is 2.45. The Morgan fingerprint density at radius 3 is 2.62 bits per heavy atom. The van der Waals surface area contributed by atoms with Crippen molar-refractivity contribution in [1.29, 1.82) is 0 Å². The molecular weight excluding hydrogens is 522 g/mol. The van der Waals surface area contributed by atoms with Gasteiger partial charge in [-0.3, -0.25) is 9.78 Å². The first-order valence-electron chi connectivity index (χ1n) is 12.9. The van der Waals surface area contributed by atoms with Crippen molar-refractivity contribution in [2.75, 3.05) is 12.0 Å². The number of aryl methyl sites for hydroxylation is 1. The second-order valence-corrected chi connectivity index (χ2v) is 12.7. The van der Waals surface area contributed by atoms with Crippen LogP contribution in [-0.2, 0) is 16.3 Å². The van der Waals surface area contributed by atoms with Gasteiger partial charge in [0.2, 0.25) is 5.82 Å². The number of amides is 1. The Labute approximate surface area is 223 Å². The zero-order chi connectivity index (χ0) is 27.1. The van der Waals surface area contributed by atoms with Crippen molar-refractivity contribution in [2.24, 2.45) is 0 Å². The van der Waals surface area contributed by atoms with E-state index in [0.717, 1.165) is 36.6 Å². The molecule has 0 saturated carbocycles. The van der Waals surface area contributed by atoms with Gasteiger partial charge in [-0.1, -0.05) is 0 Å². The molecule has 1 amide bonds. The zero-order valence-corrected chi connectivity index (χ0v) is 22.0. The van der Waals surface area contributed by atoms with E-state index in [1.54, 1.807) is 12.4 Å². The lowest BCUT2D eigenvalue weighted by molar-refractivity contribution is 0.0556. The number of H-pyrrole nitrogens is 1. The number of pyridine rings is 1. The van der Waals surface area contributed by atoms with E-state index in [1.165, 1.54) is 10.8 Å². The van der Waals surface area contributed by atoms with E-state index < -0.39 is 15.9 Å². The van der Waals surface area contributed by atoms with Gasteiger partial charge in [0.1, 0.15) is 17.0 Å². The van der Waals surface area contributed by atoms with Crippen LogP contribution in [0.1, 0.15) is 71.7 Å². The highest BCUT2D eigenvalue weighted by Gasteiger charge is 2.46. The Kier molecular flexibility index (Phi) is 5.29. The minimum absolute atomic E-state index is 0.0146. The largest absolute Gasteiger partial charge is 0.387 e. The number of aliphatic hydroxyl groups excluding tert-OH is 1. The van der Waals surface area contributed by atoms with E-state index in [2.05, 4.69) is 25.3 Å². The van der Waals surface area contributed by atoms with Gasteiger partial charge in [-0.2, -0.15) is 9.61 Å². The number of sulfone groups is 1. The molecular formula is C25H27N9O4S. The summed E-state index contributed by atoms with van der Waals surface area (Å²) in [5.74, 6) is -0.197. The first kappa shape index (κ1) is 24.2. The van der Waals surface area contributed by atoms with E-state index in [4.69, 9.17) is 10.7 Å². The van der Waals surface area contributed by atoms with Crippen molar-refractivity contribution >= 4 is 27.2 Å². The standard InChI is InChI=1S/C25H27N9O4S/c1-39(37,38)21-20(13-7-15-3-4-16(8-13)33(15)25(36)23-28-11-29-32-23)31-24-17(10-30-34(24)22(21)26)14-6-12-2-5-18(35)19(12)27-9-14/h6,9-11,13,15-16,18,35H,2-5,7-8,26H2,1H3,(H,28,29,32)/t13-,15+,16-,18?. The van der Waals surface area contributed by atoms with Crippen LogP contribution in [-0.4, -0.2) is 77.4 Å². The third-order valence-electron chi connectivity index (χ3n) is 8.32. The normalized spacial score (nSPS) is 24.4. The number of hydrogen-bond acceptors (Lipinski definition) is 10. The predicted octanol–water partition coefficient (Wildman–Crippen LogP) is 1.43. The Bertz CT molecular complexity index is 1720. The SMILES string of the molecule is CS(=O)(=O)c1c([C@H]2C[C@H]3CC[C@@H](C2)N3C(=O)c2nnc[nH]2)nc2c(-c3cnc4c(c3)CCC4O)cnn2c1N. The lowest BCUT2D eigenvalue weighted by Gasteiger charge is -2.38. The van der Waals surface area contributed by atoms with Crippen molar-refractivity contribution in [3.63, 3.8) is 0 Å². The molecule has 4 aromatic heterocycles. The number of carbonyl (C=O) groups excluding carboxylic acids is 1. The number of nitrogens with one attached hydrogen (secondary N) is 1. The average Bonchev–Trinajstić information content (AvgIpc) is 3.69. The van der Waals surface area contributed by atoms with Crippen LogP contribution in [0, 0.1) is 0 Å². The fraction of sp³-hybridized carbons (Fsp3) is 0.440. The van der Waals surface area contributed by atoms with Crippen molar-refractivity contribution in [2.45, 2.75) is 67.5 Å². The molecule has 2 fully saturated rings. The molecule has 3 aliphatic rings. The molecule has 39 heavy (non-hydrogen) atoms. The van der Waals surface area contributed by atoms with Gasteiger partial charge in [0.05, 0.1) is 23.7 Å². The Morgan fingerprint density at radius 1 is 1.15 bits per heavy atom. The van der Waals surface area contributed by atoms with E-state index in [1.807, 2.05) is 11.0 Å². The highest BCUT2D eigenvalue weighted by atomic mass is 32.2. The van der Waals surface area contributed by atoms with Gasteiger partial charge in [-0.25, -0.2) is 13.4 Å². The molecule has 2 saturated heterocycles. The van der Waals surface area contributed by atoms with Crippen molar-refractivity contribution in [3.05, 3.63) is 47.6 Å². The monoisotopic (exact) mass is 549 g/mol. The summed E-state index contributed by atoms with van der Waals surface area (Å²) in [6, 6.07) is 1.83. The minimum Gasteiger partial charge on any atom is -0.387 e. The maximum absolute atomic E-state index is 13.1. The second kappa shape index (κ2) is 8.55. The molecule has 4 N–H and O–H groups in total. The number of carbonyl (C=O) groups is 1. The molecule has 1 aliphatic carbocycles. The predicted molar refractivity (Wildman–Crippen MR) is 138 cm³/mol. The number of anilines is 1. The third kappa shape index (κ3) is 3.72. The average molecular weight is 550 g/mol. The number of aromatic amines is 1. The number of aromatic nitrogens is 7. The van der Waals surface area contributed by atoms with Gasteiger partial charge in [-0.05, 0) is 50.2 Å². The van der Waals surface area contributed by atoms with Gasteiger partial charge in [0.25, 0.3) is 5.91 Å². The summed E-state index contributed by atoms with van der Waals surface area (Å²) < 4.78 is 27.4. The number of rotatable bonds is 4. The molecule has 2 aliphatic heterocycles. The number of fused-ring (bicyclic) bond motifs is 4. The molecule has 4 aromatic rings. The van der Waals surface area contributed by atoms with Gasteiger partial charge in [0.15, 0.2) is 15.5 Å². The van der Waals surface area contributed by atoms with E-state index >= 15 is 0 Å². The summed E-state index contributed by atoms with van der Waals surface area (Å²) in [4.78, 5) is 27.1. The molecule has 0 spiro atoms. The van der Waals surface area contributed by atoms with Crippen molar-refractivity contribution in [3.8, 4) is 11.1 Å². The fourth-order valence-corrected chi connectivity index (χ4v) is 7.70. The molecule has 4 atom stereocenters. The van der Waals surface area contributed by atoms with Crippen LogP contribution in [0.3, 0.4) is 0 Å². The maximum Gasteiger partial charge on any atom is 0.292 e. The smallest absolute Gasteiger partial charge is 0.292 e. The molecule has 0 aromatic carbocycles. The lowest BCUT2D eigenvalue weighted by Crippen LogP contribution is -2.46. The zero-order valence-electron chi connectivity index (χ0n) is 21.1. The third-order valence-corrected chi connectivity index (χ3v) is 9.48. The topological polar surface area (TPSA) is 185 Å². The molecule has 6 heterocycles. The van der Waals surface area contributed by atoms with Crippen LogP contribution in [0.15, 0.2) is 29.7 Å². The first-order valence-corrected chi connectivity index (χ1v) is 14.8. The summed E-state index contributed by atoms with van der Waals surface area (Å²) in [5.41, 5.74) is 10.5. The molecule has 7 rings (SSSR count). The number of piperidine rings is 1.